The molecule has 39 heavy (non-hydrogen) atoms. The first-order valence-electron chi connectivity index (χ1n) is 14.4. The number of fused-ring (bicyclic) bond motifs is 1. The molecular weight excluding hydrogens is 494 g/mol. The fourth-order valence-corrected chi connectivity index (χ4v) is 6.14. The molecule has 0 aliphatic carbocycles. The van der Waals surface area contributed by atoms with Crippen LogP contribution in [-0.2, 0) is 6.54 Å². The molecule has 2 aliphatic rings. The summed E-state index contributed by atoms with van der Waals surface area (Å²) in [6.45, 7) is 7.21. The number of nitrogens with zero attached hydrogens (tertiary/aromatic N) is 6. The van der Waals surface area contributed by atoms with Gasteiger partial charge in [0.15, 0.2) is 5.82 Å². The molecule has 212 valence electrons. The molecule has 0 spiro atoms. The van der Waals surface area contributed by atoms with Gasteiger partial charge in [-0.1, -0.05) is 13.3 Å². The summed E-state index contributed by atoms with van der Waals surface area (Å²) in [6.07, 6.45) is 11.1. The van der Waals surface area contributed by atoms with E-state index in [9.17, 15) is 5.11 Å². The Balaban J connectivity index is 1.33. The van der Waals surface area contributed by atoms with Gasteiger partial charge in [0, 0.05) is 24.9 Å². The van der Waals surface area contributed by atoms with E-state index < -0.39 is 0 Å². The van der Waals surface area contributed by atoms with E-state index in [0.717, 1.165) is 74.9 Å². The van der Waals surface area contributed by atoms with Crippen molar-refractivity contribution in [1.82, 2.24) is 34.9 Å². The number of aliphatic hydroxyl groups excluding tert-OH is 1. The zero-order valence-corrected chi connectivity index (χ0v) is 23.3. The maximum atomic E-state index is 9.52. The second kappa shape index (κ2) is 12.9. The van der Waals surface area contributed by atoms with Crippen LogP contribution in [0.2, 0.25) is 0 Å². The molecule has 0 unspecified atom stereocenters. The maximum Gasteiger partial charge on any atom is 0.222 e. The van der Waals surface area contributed by atoms with Gasteiger partial charge in [0.25, 0.3) is 0 Å². The normalized spacial score (nSPS) is 18.4. The van der Waals surface area contributed by atoms with Gasteiger partial charge in [-0.25, -0.2) is 4.98 Å². The number of aromatic nitrogens is 5. The van der Waals surface area contributed by atoms with Crippen LogP contribution in [0.4, 0.5) is 11.8 Å². The zero-order chi connectivity index (χ0) is 27.2. The first-order chi connectivity index (χ1) is 19.1. The van der Waals surface area contributed by atoms with Crippen LogP contribution < -0.4 is 21.1 Å². The van der Waals surface area contributed by atoms with Crippen molar-refractivity contribution in [3.8, 4) is 5.75 Å². The Labute approximate surface area is 230 Å². The highest BCUT2D eigenvalue weighted by molar-refractivity contribution is 5.86. The average molecular weight is 538 g/mol. The molecule has 2 aliphatic heterocycles. The minimum Gasteiger partial charge on any atom is -0.495 e. The second-order valence-electron chi connectivity index (χ2n) is 10.8. The summed E-state index contributed by atoms with van der Waals surface area (Å²) in [5, 5.41) is 21.1. The molecule has 3 aromatic heterocycles. The third-order valence-electron chi connectivity index (χ3n) is 8.26. The van der Waals surface area contributed by atoms with E-state index in [4.69, 9.17) is 15.5 Å². The number of hydrogen-bond acceptors (Lipinski definition) is 10. The van der Waals surface area contributed by atoms with E-state index in [0.29, 0.717) is 30.2 Å². The van der Waals surface area contributed by atoms with Gasteiger partial charge >= 0.3 is 0 Å². The van der Waals surface area contributed by atoms with E-state index in [2.05, 4.69) is 43.6 Å². The van der Waals surface area contributed by atoms with Gasteiger partial charge in [-0.2, -0.15) is 10.1 Å². The number of nitrogens with one attached hydrogen (secondary N) is 2. The smallest absolute Gasteiger partial charge is 0.222 e. The molecule has 5 N–H and O–H groups in total. The number of anilines is 2. The third kappa shape index (κ3) is 6.42. The maximum absolute atomic E-state index is 9.52. The molecule has 0 bridgehead atoms. The molecule has 0 saturated carbocycles. The number of hydrogen-bond donors (Lipinski definition) is 4. The van der Waals surface area contributed by atoms with Crippen molar-refractivity contribution < 1.29 is 9.84 Å². The molecule has 11 heteroatoms. The number of piperidine rings is 2. The minimum absolute atomic E-state index is 0.0778. The number of methoxy groups -OCH3 is 1. The zero-order valence-electron chi connectivity index (χ0n) is 23.3. The number of nitrogen functional groups attached to an aromatic ring is 1. The standard InChI is InChI=1S/C28H43N9O2/c1-3-4-21(9-14-38)33-27-26-23(34-28(29)35-27)17-32-37(26)18-24-25(39-2)15-20(16-31-24)19-7-12-36(13-8-19)22-5-10-30-11-6-22/h15-17,19,21-22,30,38H,3-14,18H2,1-2H3,(H3,29,33,34,35)/t21-/m0/s1. The fourth-order valence-electron chi connectivity index (χ4n) is 6.14. The Kier molecular flexibility index (Phi) is 9.10. The Morgan fingerprint density at radius 3 is 2.67 bits per heavy atom. The highest BCUT2D eigenvalue weighted by Crippen LogP contribution is 2.33. The van der Waals surface area contributed by atoms with Gasteiger partial charge < -0.3 is 31.1 Å². The molecular formula is C28H43N9O2. The highest BCUT2D eigenvalue weighted by atomic mass is 16.5. The van der Waals surface area contributed by atoms with Crippen LogP contribution in [0.15, 0.2) is 18.5 Å². The molecule has 11 nitrogen and oxygen atoms in total. The number of pyridine rings is 1. The summed E-state index contributed by atoms with van der Waals surface area (Å²) in [6, 6.07) is 2.96. The molecule has 0 aromatic carbocycles. The predicted octanol–water partition coefficient (Wildman–Crippen LogP) is 2.75. The topological polar surface area (TPSA) is 139 Å². The van der Waals surface area contributed by atoms with Gasteiger partial charge in [0.2, 0.25) is 5.95 Å². The first-order valence-corrected chi connectivity index (χ1v) is 14.4. The molecule has 0 radical (unpaired) electrons. The molecule has 2 saturated heterocycles. The van der Waals surface area contributed by atoms with E-state index in [1.807, 2.05) is 10.9 Å². The summed E-state index contributed by atoms with van der Waals surface area (Å²) >= 11 is 0. The summed E-state index contributed by atoms with van der Waals surface area (Å²) in [5.41, 5.74) is 9.49. The summed E-state index contributed by atoms with van der Waals surface area (Å²) < 4.78 is 7.66. The van der Waals surface area contributed by atoms with Crippen LogP contribution in [-0.4, -0.2) is 86.7 Å². The van der Waals surface area contributed by atoms with Crippen molar-refractivity contribution in [3.05, 3.63) is 29.7 Å². The molecule has 5 heterocycles. The van der Waals surface area contributed by atoms with Crippen LogP contribution >= 0.6 is 0 Å². The Morgan fingerprint density at radius 1 is 1.15 bits per heavy atom. The van der Waals surface area contributed by atoms with E-state index in [1.165, 1.54) is 18.4 Å². The van der Waals surface area contributed by atoms with Crippen molar-refractivity contribution in [2.24, 2.45) is 0 Å². The Bertz CT molecular complexity index is 1210. The van der Waals surface area contributed by atoms with Crippen molar-refractivity contribution in [2.45, 2.75) is 76.4 Å². The largest absolute Gasteiger partial charge is 0.495 e. The highest BCUT2D eigenvalue weighted by Gasteiger charge is 2.27. The number of rotatable bonds is 11. The lowest BCUT2D eigenvalue weighted by molar-refractivity contribution is 0.127. The lowest BCUT2D eigenvalue weighted by Crippen LogP contribution is -2.46. The molecule has 1 atom stereocenters. The predicted molar refractivity (Wildman–Crippen MR) is 153 cm³/mol. The van der Waals surface area contributed by atoms with Crippen molar-refractivity contribution in [1.29, 1.82) is 0 Å². The summed E-state index contributed by atoms with van der Waals surface area (Å²) in [7, 11) is 1.70. The van der Waals surface area contributed by atoms with Gasteiger partial charge in [-0.3, -0.25) is 9.67 Å². The minimum atomic E-state index is 0.0778. The summed E-state index contributed by atoms with van der Waals surface area (Å²) in [5.74, 6) is 2.08. The quantitative estimate of drug-likeness (QED) is 0.289. The number of likely N-dealkylation sites (tertiary alicyclic amines) is 1. The van der Waals surface area contributed by atoms with Gasteiger partial charge in [0.1, 0.15) is 22.5 Å². The van der Waals surface area contributed by atoms with Crippen molar-refractivity contribution in [3.63, 3.8) is 0 Å². The van der Waals surface area contributed by atoms with Gasteiger partial charge in [-0.05, 0) is 82.3 Å². The SMILES string of the molecule is CCC[C@@H](CCO)Nc1nc(N)nc2cnn(Cc3ncc(C4CCN(C5CCNCC5)CC4)cc3OC)c12. The van der Waals surface area contributed by atoms with Crippen molar-refractivity contribution in [2.75, 3.05) is 50.9 Å². The van der Waals surface area contributed by atoms with Crippen LogP contribution in [0.5, 0.6) is 5.75 Å². The van der Waals surface area contributed by atoms with Crippen LogP contribution in [0.3, 0.4) is 0 Å². The molecule has 3 aromatic rings. The third-order valence-corrected chi connectivity index (χ3v) is 8.26. The number of nitrogens with two attached hydrogens (primary N) is 1. The fraction of sp³-hybridized carbons (Fsp3) is 0.643. The van der Waals surface area contributed by atoms with Crippen molar-refractivity contribution >= 4 is 22.8 Å². The molecule has 2 fully saturated rings. The average Bonchev–Trinajstić information content (AvgIpc) is 3.36. The van der Waals surface area contributed by atoms with Crippen LogP contribution in [0.25, 0.3) is 11.0 Å². The van der Waals surface area contributed by atoms with Crippen LogP contribution in [0.1, 0.15) is 69.0 Å². The van der Waals surface area contributed by atoms with Gasteiger partial charge in [-0.15, -0.1) is 0 Å². The van der Waals surface area contributed by atoms with E-state index in [-0.39, 0.29) is 18.6 Å². The van der Waals surface area contributed by atoms with Gasteiger partial charge in [0.05, 0.1) is 19.9 Å². The second-order valence-corrected chi connectivity index (χ2v) is 10.8. The van der Waals surface area contributed by atoms with E-state index in [1.54, 1.807) is 13.3 Å². The number of ether oxygens (including phenoxy) is 1. The Morgan fingerprint density at radius 2 is 1.95 bits per heavy atom. The Hall–Kier alpha value is -3.02. The van der Waals surface area contributed by atoms with Crippen LogP contribution in [0, 0.1) is 0 Å². The molecule has 0 amide bonds. The molecule has 5 rings (SSSR count). The lowest BCUT2D eigenvalue weighted by atomic mass is 9.88. The lowest BCUT2D eigenvalue weighted by Gasteiger charge is -2.39. The monoisotopic (exact) mass is 537 g/mol. The van der Waals surface area contributed by atoms with E-state index >= 15 is 0 Å². The number of aliphatic hydroxyl groups is 1. The summed E-state index contributed by atoms with van der Waals surface area (Å²) in [4.78, 5) is 16.4. The first kappa shape index (κ1) is 27.5.